The first-order valence-electron chi connectivity index (χ1n) is 4.29. The fourth-order valence-electron chi connectivity index (χ4n) is 0.862. The van der Waals surface area contributed by atoms with Gasteiger partial charge in [-0.1, -0.05) is 13.8 Å². The van der Waals surface area contributed by atoms with Gasteiger partial charge in [-0.05, 0) is 19.9 Å². The summed E-state index contributed by atoms with van der Waals surface area (Å²) in [6, 6.07) is 0.924. The van der Waals surface area contributed by atoms with Gasteiger partial charge in [0.15, 0.2) is 0 Å². The SMILES string of the molecule is CC.Cc1cc(C(F)(F)F)nc(C)n1. The minimum Gasteiger partial charge on any atom is -0.239 e. The largest absolute Gasteiger partial charge is 0.433 e. The number of halogens is 3. The third-order valence-electron chi connectivity index (χ3n) is 1.26. The Kier molecular flexibility index (Phi) is 4.53. The first-order valence-corrected chi connectivity index (χ1v) is 4.29. The van der Waals surface area contributed by atoms with Crippen LogP contribution in [0.4, 0.5) is 13.2 Å². The lowest BCUT2D eigenvalue weighted by Crippen LogP contribution is -2.10. The van der Waals surface area contributed by atoms with Gasteiger partial charge in [-0.15, -0.1) is 0 Å². The molecule has 2 nitrogen and oxygen atoms in total. The maximum Gasteiger partial charge on any atom is 0.433 e. The first-order chi connectivity index (χ1) is 6.39. The molecule has 5 heteroatoms. The summed E-state index contributed by atoms with van der Waals surface area (Å²) in [5.41, 5.74) is -0.553. The van der Waals surface area contributed by atoms with E-state index in [4.69, 9.17) is 0 Å². The number of alkyl halides is 3. The summed E-state index contributed by atoms with van der Waals surface area (Å²) in [6.45, 7) is 6.94. The van der Waals surface area contributed by atoms with Crippen molar-refractivity contribution < 1.29 is 13.2 Å². The molecule has 1 aromatic heterocycles. The molecule has 0 spiro atoms. The van der Waals surface area contributed by atoms with Crippen LogP contribution in [0.15, 0.2) is 6.07 Å². The van der Waals surface area contributed by atoms with Gasteiger partial charge >= 0.3 is 6.18 Å². The molecule has 1 rings (SSSR count). The van der Waals surface area contributed by atoms with Crippen molar-refractivity contribution in [2.24, 2.45) is 0 Å². The molecule has 0 saturated carbocycles. The molecule has 14 heavy (non-hydrogen) atoms. The molecule has 0 bridgehead atoms. The molecular weight excluding hydrogens is 193 g/mol. The number of aryl methyl sites for hydroxylation is 2. The van der Waals surface area contributed by atoms with E-state index in [1.807, 2.05) is 13.8 Å². The van der Waals surface area contributed by atoms with Crippen molar-refractivity contribution in [2.75, 3.05) is 0 Å². The van der Waals surface area contributed by atoms with E-state index in [0.717, 1.165) is 6.07 Å². The van der Waals surface area contributed by atoms with Crippen LogP contribution >= 0.6 is 0 Å². The number of rotatable bonds is 0. The van der Waals surface area contributed by atoms with Crippen LogP contribution in [0.2, 0.25) is 0 Å². The van der Waals surface area contributed by atoms with E-state index < -0.39 is 11.9 Å². The highest BCUT2D eigenvalue weighted by Gasteiger charge is 2.32. The van der Waals surface area contributed by atoms with Gasteiger partial charge in [-0.2, -0.15) is 13.2 Å². The lowest BCUT2D eigenvalue weighted by molar-refractivity contribution is -0.141. The van der Waals surface area contributed by atoms with Gasteiger partial charge in [-0.25, -0.2) is 9.97 Å². The van der Waals surface area contributed by atoms with Crippen molar-refractivity contribution in [3.8, 4) is 0 Å². The van der Waals surface area contributed by atoms with Crippen molar-refractivity contribution in [2.45, 2.75) is 33.9 Å². The Hall–Kier alpha value is -1.13. The van der Waals surface area contributed by atoms with Gasteiger partial charge in [0.05, 0.1) is 0 Å². The van der Waals surface area contributed by atoms with E-state index in [2.05, 4.69) is 9.97 Å². The molecule has 0 unspecified atom stereocenters. The second-order valence-corrected chi connectivity index (χ2v) is 2.44. The molecule has 0 amide bonds. The molecule has 0 fully saturated rings. The monoisotopic (exact) mass is 206 g/mol. The van der Waals surface area contributed by atoms with E-state index in [1.54, 1.807) is 0 Å². The topological polar surface area (TPSA) is 25.8 Å². The van der Waals surface area contributed by atoms with Crippen molar-refractivity contribution in [3.63, 3.8) is 0 Å². The minimum atomic E-state index is -4.38. The minimum absolute atomic E-state index is 0.141. The average Bonchev–Trinajstić information content (AvgIpc) is 2.04. The number of hydrogen-bond donors (Lipinski definition) is 0. The van der Waals surface area contributed by atoms with Crippen molar-refractivity contribution in [1.82, 2.24) is 9.97 Å². The van der Waals surface area contributed by atoms with Crippen LogP contribution < -0.4 is 0 Å². The Morgan fingerprint density at radius 2 is 1.57 bits per heavy atom. The average molecular weight is 206 g/mol. The molecule has 0 aliphatic heterocycles. The molecule has 0 N–H and O–H groups in total. The highest BCUT2D eigenvalue weighted by molar-refractivity contribution is 5.12. The highest BCUT2D eigenvalue weighted by Crippen LogP contribution is 2.27. The molecular formula is C9H13F3N2. The van der Waals surface area contributed by atoms with Crippen LogP contribution in [0.5, 0.6) is 0 Å². The van der Waals surface area contributed by atoms with Gasteiger partial charge < -0.3 is 0 Å². The van der Waals surface area contributed by atoms with Crippen molar-refractivity contribution in [3.05, 3.63) is 23.3 Å². The molecule has 1 heterocycles. The van der Waals surface area contributed by atoms with Gasteiger partial charge in [0.2, 0.25) is 0 Å². The van der Waals surface area contributed by atoms with Crippen molar-refractivity contribution >= 4 is 0 Å². The number of aromatic nitrogens is 2. The Morgan fingerprint density at radius 3 is 1.93 bits per heavy atom. The van der Waals surface area contributed by atoms with Gasteiger partial charge in [0.25, 0.3) is 0 Å². The van der Waals surface area contributed by atoms with Gasteiger partial charge in [-0.3, -0.25) is 0 Å². The van der Waals surface area contributed by atoms with Crippen LogP contribution in [0.3, 0.4) is 0 Å². The molecule has 0 aromatic carbocycles. The standard InChI is InChI=1S/C7H7F3N2.C2H6/c1-4-3-6(7(8,9)10)12-5(2)11-4;1-2/h3H,1-2H3;1-2H3. The first kappa shape index (κ1) is 12.9. The molecule has 0 aliphatic carbocycles. The van der Waals surface area contributed by atoms with E-state index in [-0.39, 0.29) is 5.82 Å². The smallest absolute Gasteiger partial charge is 0.239 e. The summed E-state index contributed by atoms with van der Waals surface area (Å²) < 4.78 is 36.2. The summed E-state index contributed by atoms with van der Waals surface area (Å²) in [7, 11) is 0. The lowest BCUT2D eigenvalue weighted by atomic mass is 10.3. The van der Waals surface area contributed by atoms with Crippen LogP contribution in [0.1, 0.15) is 31.1 Å². The van der Waals surface area contributed by atoms with Crippen LogP contribution in [0.25, 0.3) is 0 Å². The summed E-state index contributed by atoms with van der Waals surface area (Å²) >= 11 is 0. The van der Waals surface area contributed by atoms with Crippen LogP contribution in [0, 0.1) is 13.8 Å². The maximum atomic E-state index is 12.1. The van der Waals surface area contributed by atoms with Gasteiger partial charge in [0, 0.05) is 5.69 Å². The van der Waals surface area contributed by atoms with E-state index >= 15 is 0 Å². The van der Waals surface area contributed by atoms with Gasteiger partial charge in [0.1, 0.15) is 11.5 Å². The summed E-state index contributed by atoms with van der Waals surface area (Å²) in [5, 5.41) is 0. The van der Waals surface area contributed by atoms with Crippen molar-refractivity contribution in [1.29, 1.82) is 0 Å². The normalized spacial score (nSPS) is 10.5. The maximum absolute atomic E-state index is 12.1. The molecule has 80 valence electrons. The second kappa shape index (κ2) is 4.93. The lowest BCUT2D eigenvalue weighted by Gasteiger charge is -2.06. The Morgan fingerprint density at radius 1 is 1.07 bits per heavy atom. The third kappa shape index (κ3) is 3.72. The highest BCUT2D eigenvalue weighted by atomic mass is 19.4. The predicted octanol–water partition coefficient (Wildman–Crippen LogP) is 3.14. The third-order valence-corrected chi connectivity index (χ3v) is 1.26. The summed E-state index contributed by atoms with van der Waals surface area (Å²) in [6.07, 6.45) is -4.38. The Bertz CT molecular complexity index is 274. The second-order valence-electron chi connectivity index (χ2n) is 2.44. The van der Waals surface area contributed by atoms with E-state index in [9.17, 15) is 13.2 Å². The van der Waals surface area contributed by atoms with E-state index in [1.165, 1.54) is 13.8 Å². The summed E-state index contributed by atoms with van der Waals surface area (Å²) in [4.78, 5) is 7.01. The number of hydrogen-bond acceptors (Lipinski definition) is 2. The zero-order valence-electron chi connectivity index (χ0n) is 8.61. The zero-order chi connectivity index (χ0) is 11.4. The molecule has 0 radical (unpaired) electrons. The fourth-order valence-corrected chi connectivity index (χ4v) is 0.862. The predicted molar refractivity (Wildman–Crippen MR) is 47.9 cm³/mol. The summed E-state index contributed by atoms with van der Waals surface area (Å²) in [5.74, 6) is 0.141. The van der Waals surface area contributed by atoms with Crippen LogP contribution in [-0.2, 0) is 6.18 Å². The zero-order valence-corrected chi connectivity index (χ0v) is 8.61. The fraction of sp³-hybridized carbons (Fsp3) is 0.556. The Labute approximate surface area is 81.2 Å². The number of nitrogens with zero attached hydrogens (tertiary/aromatic N) is 2. The molecule has 0 aliphatic rings. The van der Waals surface area contributed by atoms with Crippen LogP contribution in [-0.4, -0.2) is 9.97 Å². The molecule has 1 aromatic rings. The van der Waals surface area contributed by atoms with E-state index in [0.29, 0.717) is 5.69 Å². The Balaban J connectivity index is 0.000000791. The molecule has 0 atom stereocenters. The molecule has 0 saturated heterocycles. The quantitative estimate of drug-likeness (QED) is 0.651.